The fourth-order valence-corrected chi connectivity index (χ4v) is 4.26. The maximum absolute atomic E-state index is 13.5. The van der Waals surface area contributed by atoms with E-state index in [9.17, 15) is 4.39 Å². The second kappa shape index (κ2) is 9.89. The Labute approximate surface area is 207 Å². The van der Waals surface area contributed by atoms with Crippen LogP contribution in [0.3, 0.4) is 0 Å². The molecule has 5 rings (SSSR count). The van der Waals surface area contributed by atoms with Gasteiger partial charge in [-0.3, -0.25) is 0 Å². The van der Waals surface area contributed by atoms with Crippen LogP contribution in [0.15, 0.2) is 55.0 Å². The highest BCUT2D eigenvalue weighted by atomic mass is 35.5. The van der Waals surface area contributed by atoms with Crippen LogP contribution in [0, 0.1) is 5.82 Å². The molecule has 1 unspecified atom stereocenters. The lowest BCUT2D eigenvalue weighted by Gasteiger charge is -2.27. The van der Waals surface area contributed by atoms with Gasteiger partial charge in [0, 0.05) is 36.5 Å². The number of aromatic nitrogens is 4. The molecule has 10 heteroatoms. The molecule has 4 aromatic rings. The first-order chi connectivity index (χ1) is 17.1. The number of anilines is 3. The minimum absolute atomic E-state index is 0.293. The van der Waals surface area contributed by atoms with E-state index in [0.717, 1.165) is 34.0 Å². The van der Waals surface area contributed by atoms with Crippen LogP contribution in [0.2, 0.25) is 5.15 Å². The summed E-state index contributed by atoms with van der Waals surface area (Å²) in [5.74, 6) is 1.50. The van der Waals surface area contributed by atoms with Gasteiger partial charge in [0.1, 0.15) is 35.0 Å². The molecule has 0 saturated heterocycles. The summed E-state index contributed by atoms with van der Waals surface area (Å²) in [7, 11) is 1.60. The van der Waals surface area contributed by atoms with Crippen molar-refractivity contribution in [2.24, 2.45) is 0 Å². The highest BCUT2D eigenvalue weighted by molar-refractivity contribution is 6.29. The summed E-state index contributed by atoms with van der Waals surface area (Å²) in [4.78, 5) is 13.6. The summed E-state index contributed by atoms with van der Waals surface area (Å²) < 4.78 is 27.0. The zero-order valence-corrected chi connectivity index (χ0v) is 20.0. The van der Waals surface area contributed by atoms with E-state index in [0.29, 0.717) is 36.4 Å². The van der Waals surface area contributed by atoms with E-state index in [4.69, 9.17) is 31.0 Å². The first-order valence-electron chi connectivity index (χ1n) is 11.2. The van der Waals surface area contributed by atoms with Crippen LogP contribution in [-0.4, -0.2) is 39.8 Å². The summed E-state index contributed by atoms with van der Waals surface area (Å²) in [5.41, 5.74) is 4.14. The molecule has 1 aliphatic rings. The van der Waals surface area contributed by atoms with Crippen LogP contribution >= 0.6 is 11.6 Å². The molecule has 3 heterocycles. The number of imidazole rings is 1. The molecule has 0 aliphatic carbocycles. The SMILES string of the molecule is CCNc1nc(Nc2ccc(-n3cnc(Cl)c3)c(OC)c2)nc2c1CCOC2c1ccc(F)cc1. The Kier molecular flexibility index (Phi) is 6.52. The molecule has 0 fully saturated rings. The lowest BCUT2D eigenvalue weighted by molar-refractivity contribution is 0.0665. The molecule has 0 bridgehead atoms. The van der Waals surface area contributed by atoms with Crippen molar-refractivity contribution < 1.29 is 13.9 Å². The molecule has 1 atom stereocenters. The Morgan fingerprint density at radius 2 is 2.03 bits per heavy atom. The van der Waals surface area contributed by atoms with E-state index in [1.807, 2.05) is 25.1 Å². The zero-order valence-electron chi connectivity index (χ0n) is 19.3. The minimum atomic E-state index is -0.414. The number of nitrogens with one attached hydrogen (secondary N) is 2. The van der Waals surface area contributed by atoms with Crippen molar-refractivity contribution in [3.05, 3.63) is 82.8 Å². The zero-order chi connectivity index (χ0) is 24.4. The Balaban J connectivity index is 1.51. The fraction of sp³-hybridized carbons (Fsp3) is 0.240. The first kappa shape index (κ1) is 23.1. The molecule has 0 spiro atoms. The van der Waals surface area contributed by atoms with E-state index in [-0.39, 0.29) is 5.82 Å². The van der Waals surface area contributed by atoms with Crippen LogP contribution < -0.4 is 15.4 Å². The van der Waals surface area contributed by atoms with Crippen LogP contribution in [0.4, 0.5) is 21.8 Å². The van der Waals surface area contributed by atoms with Crippen molar-refractivity contribution >= 4 is 29.1 Å². The highest BCUT2D eigenvalue weighted by Gasteiger charge is 2.28. The van der Waals surface area contributed by atoms with Crippen LogP contribution in [-0.2, 0) is 11.2 Å². The van der Waals surface area contributed by atoms with Crippen molar-refractivity contribution in [2.75, 3.05) is 30.9 Å². The molecule has 0 saturated carbocycles. The number of nitrogens with zero attached hydrogens (tertiary/aromatic N) is 4. The third-order valence-electron chi connectivity index (χ3n) is 5.71. The first-order valence-corrected chi connectivity index (χ1v) is 11.6. The summed E-state index contributed by atoms with van der Waals surface area (Å²) in [5, 5.41) is 7.02. The average Bonchev–Trinajstić information content (AvgIpc) is 3.30. The molecule has 180 valence electrons. The van der Waals surface area contributed by atoms with Crippen LogP contribution in [0.25, 0.3) is 5.69 Å². The van der Waals surface area contributed by atoms with E-state index < -0.39 is 6.10 Å². The third-order valence-corrected chi connectivity index (χ3v) is 5.90. The lowest BCUT2D eigenvalue weighted by atomic mass is 9.98. The molecule has 35 heavy (non-hydrogen) atoms. The van der Waals surface area contributed by atoms with Crippen molar-refractivity contribution in [3.63, 3.8) is 0 Å². The van der Waals surface area contributed by atoms with Gasteiger partial charge in [-0.1, -0.05) is 23.7 Å². The van der Waals surface area contributed by atoms with Gasteiger partial charge in [0.25, 0.3) is 0 Å². The molecular weight excluding hydrogens is 471 g/mol. The largest absolute Gasteiger partial charge is 0.494 e. The van der Waals surface area contributed by atoms with Crippen molar-refractivity contribution in [2.45, 2.75) is 19.4 Å². The number of fused-ring (bicyclic) bond motifs is 1. The predicted octanol–water partition coefficient (Wildman–Crippen LogP) is 5.30. The van der Waals surface area contributed by atoms with Crippen molar-refractivity contribution in [3.8, 4) is 11.4 Å². The standard InChI is InChI=1S/C25H24ClFN6O2/c1-3-28-24-18-10-11-35-23(15-4-6-16(27)7-5-15)22(18)31-25(32-24)30-17-8-9-19(20(12-17)34-2)33-13-21(26)29-14-33/h4-9,12-14,23H,3,10-11H2,1-2H3,(H2,28,30,31,32). The van der Waals surface area contributed by atoms with Gasteiger partial charge in [-0.2, -0.15) is 4.98 Å². The Bertz CT molecular complexity index is 1340. The number of hydrogen-bond donors (Lipinski definition) is 2. The summed E-state index contributed by atoms with van der Waals surface area (Å²) in [6.45, 7) is 3.26. The minimum Gasteiger partial charge on any atom is -0.494 e. The van der Waals surface area contributed by atoms with Crippen molar-refractivity contribution in [1.82, 2.24) is 19.5 Å². The molecule has 0 radical (unpaired) electrons. The molecular formula is C25H24ClFN6O2. The van der Waals surface area contributed by atoms with Gasteiger partial charge in [0.15, 0.2) is 0 Å². The third kappa shape index (κ3) is 4.78. The monoisotopic (exact) mass is 494 g/mol. The molecule has 2 aromatic carbocycles. The molecule has 2 N–H and O–H groups in total. The normalized spacial score (nSPS) is 14.9. The Morgan fingerprint density at radius 1 is 1.20 bits per heavy atom. The van der Waals surface area contributed by atoms with Gasteiger partial charge in [0.2, 0.25) is 5.95 Å². The fourth-order valence-electron chi connectivity index (χ4n) is 4.11. The number of ether oxygens (including phenoxy) is 2. The maximum Gasteiger partial charge on any atom is 0.229 e. The molecule has 0 amide bonds. The second-order valence-corrected chi connectivity index (χ2v) is 8.34. The number of hydrogen-bond acceptors (Lipinski definition) is 7. The smallest absolute Gasteiger partial charge is 0.229 e. The van der Waals surface area contributed by atoms with Gasteiger partial charge in [-0.15, -0.1) is 0 Å². The predicted molar refractivity (Wildman–Crippen MR) is 133 cm³/mol. The number of methoxy groups -OCH3 is 1. The summed E-state index contributed by atoms with van der Waals surface area (Å²) in [6, 6.07) is 12.0. The van der Waals surface area contributed by atoms with Crippen LogP contribution in [0.1, 0.15) is 29.8 Å². The second-order valence-electron chi connectivity index (χ2n) is 7.96. The lowest BCUT2D eigenvalue weighted by Crippen LogP contribution is -2.22. The van der Waals surface area contributed by atoms with Crippen molar-refractivity contribution in [1.29, 1.82) is 0 Å². The van der Waals surface area contributed by atoms with Gasteiger partial charge < -0.3 is 24.7 Å². The maximum atomic E-state index is 13.5. The average molecular weight is 495 g/mol. The Hall–Kier alpha value is -3.69. The topological polar surface area (TPSA) is 86.1 Å². The van der Waals surface area contributed by atoms with Gasteiger partial charge in [-0.25, -0.2) is 14.4 Å². The summed E-state index contributed by atoms with van der Waals surface area (Å²) in [6.07, 6.45) is 3.60. The number of benzene rings is 2. The van der Waals surface area contributed by atoms with Gasteiger partial charge in [-0.05, 0) is 36.8 Å². The molecule has 1 aliphatic heterocycles. The quantitative estimate of drug-likeness (QED) is 0.360. The summed E-state index contributed by atoms with van der Waals surface area (Å²) >= 11 is 5.97. The molecule has 2 aromatic heterocycles. The van der Waals surface area contributed by atoms with E-state index in [1.165, 1.54) is 12.1 Å². The van der Waals surface area contributed by atoms with Crippen LogP contribution in [0.5, 0.6) is 5.75 Å². The van der Waals surface area contributed by atoms with E-state index in [2.05, 4.69) is 15.6 Å². The Morgan fingerprint density at radius 3 is 2.74 bits per heavy atom. The number of rotatable bonds is 7. The van der Waals surface area contributed by atoms with Gasteiger partial charge in [0.05, 0.1) is 25.1 Å². The molecule has 8 nitrogen and oxygen atoms in total. The number of halogens is 2. The van der Waals surface area contributed by atoms with E-state index in [1.54, 1.807) is 36.3 Å². The highest BCUT2D eigenvalue weighted by Crippen LogP contribution is 2.36. The van der Waals surface area contributed by atoms with E-state index >= 15 is 0 Å². The van der Waals surface area contributed by atoms with Gasteiger partial charge >= 0.3 is 0 Å².